The molecule has 3 rings (SSSR count). The van der Waals surface area contributed by atoms with Crippen LogP contribution in [0.3, 0.4) is 0 Å². The van der Waals surface area contributed by atoms with E-state index in [-0.39, 0.29) is 24.0 Å². The summed E-state index contributed by atoms with van der Waals surface area (Å²) in [5.41, 5.74) is 1.37. The molecule has 1 atom stereocenters. The van der Waals surface area contributed by atoms with Gasteiger partial charge in [-0.05, 0) is 45.2 Å². The predicted molar refractivity (Wildman–Crippen MR) is 127 cm³/mol. The van der Waals surface area contributed by atoms with Crippen molar-refractivity contribution >= 4 is 29.9 Å². The quantitative estimate of drug-likeness (QED) is 0.233. The first-order valence-electron chi connectivity index (χ1n) is 10.3. The van der Waals surface area contributed by atoms with Crippen molar-refractivity contribution in [3.8, 4) is 0 Å². The van der Waals surface area contributed by atoms with Crippen molar-refractivity contribution in [1.29, 1.82) is 0 Å². The van der Waals surface area contributed by atoms with Gasteiger partial charge < -0.3 is 15.2 Å². The summed E-state index contributed by atoms with van der Waals surface area (Å²) in [6.07, 6.45) is 4.17. The Balaban J connectivity index is 0.00000300. The molecular formula is C21H33IN6O. The molecule has 2 heterocycles. The second-order valence-corrected chi connectivity index (χ2v) is 7.24. The van der Waals surface area contributed by atoms with E-state index in [1.54, 1.807) is 0 Å². The van der Waals surface area contributed by atoms with E-state index < -0.39 is 0 Å². The number of likely N-dealkylation sites (tertiary alicyclic amines) is 1. The molecule has 1 aromatic carbocycles. The summed E-state index contributed by atoms with van der Waals surface area (Å²) in [5.74, 6) is 2.27. The molecule has 1 saturated heterocycles. The number of aromatic nitrogens is 2. The monoisotopic (exact) mass is 512 g/mol. The van der Waals surface area contributed by atoms with Crippen LogP contribution in [0.15, 0.2) is 39.8 Å². The maximum absolute atomic E-state index is 5.15. The highest BCUT2D eigenvalue weighted by molar-refractivity contribution is 14.0. The van der Waals surface area contributed by atoms with Crippen molar-refractivity contribution in [1.82, 2.24) is 25.7 Å². The predicted octanol–water partition coefficient (Wildman–Crippen LogP) is 3.15. The van der Waals surface area contributed by atoms with Crippen molar-refractivity contribution in [2.24, 2.45) is 4.99 Å². The molecule has 0 bridgehead atoms. The fraction of sp³-hybridized carbons (Fsp3) is 0.571. The number of aryl methyl sites for hydroxylation is 2. The number of nitrogens with one attached hydrogen (secondary N) is 2. The van der Waals surface area contributed by atoms with E-state index in [4.69, 9.17) is 9.52 Å². The van der Waals surface area contributed by atoms with Gasteiger partial charge in [-0.3, -0.25) is 9.89 Å². The van der Waals surface area contributed by atoms with Gasteiger partial charge in [0.2, 0.25) is 5.89 Å². The van der Waals surface area contributed by atoms with Crippen LogP contribution in [0, 0.1) is 6.92 Å². The van der Waals surface area contributed by atoms with Gasteiger partial charge in [0, 0.05) is 32.1 Å². The summed E-state index contributed by atoms with van der Waals surface area (Å²) < 4.78 is 5.15. The normalized spacial score (nSPS) is 17.2. The Kier molecular flexibility index (Phi) is 10.4. The lowest BCUT2D eigenvalue weighted by Gasteiger charge is -2.23. The number of hydrogen-bond donors (Lipinski definition) is 2. The third kappa shape index (κ3) is 7.93. The zero-order valence-electron chi connectivity index (χ0n) is 17.4. The van der Waals surface area contributed by atoms with Crippen LogP contribution in [0.1, 0.15) is 43.5 Å². The SMILES string of the molecule is CCNC(=NCC1CCCN1Cc1ccccc1)NCCCc1nc(C)no1.I. The average molecular weight is 512 g/mol. The summed E-state index contributed by atoms with van der Waals surface area (Å²) in [5, 5.41) is 10.6. The highest BCUT2D eigenvalue weighted by Gasteiger charge is 2.24. The molecule has 0 amide bonds. The number of hydrogen-bond acceptors (Lipinski definition) is 5. The molecule has 0 radical (unpaired) electrons. The van der Waals surface area contributed by atoms with E-state index >= 15 is 0 Å². The number of aliphatic imine (C=N–C) groups is 1. The first-order valence-corrected chi connectivity index (χ1v) is 10.3. The lowest BCUT2D eigenvalue weighted by atomic mass is 10.2. The minimum Gasteiger partial charge on any atom is -0.357 e. The minimum absolute atomic E-state index is 0. The van der Waals surface area contributed by atoms with Crippen LogP contribution in [0.5, 0.6) is 0 Å². The molecular weight excluding hydrogens is 479 g/mol. The van der Waals surface area contributed by atoms with Crippen molar-refractivity contribution in [2.45, 2.75) is 52.1 Å². The van der Waals surface area contributed by atoms with Gasteiger partial charge in [-0.25, -0.2) is 0 Å². The van der Waals surface area contributed by atoms with E-state index in [1.165, 1.54) is 18.4 Å². The average Bonchev–Trinajstić information content (AvgIpc) is 3.32. The topological polar surface area (TPSA) is 78.6 Å². The fourth-order valence-electron chi connectivity index (χ4n) is 3.55. The second kappa shape index (κ2) is 12.8. The summed E-state index contributed by atoms with van der Waals surface area (Å²) in [6.45, 7) is 8.60. The van der Waals surface area contributed by atoms with Crippen molar-refractivity contribution in [3.05, 3.63) is 47.6 Å². The molecule has 1 aromatic heterocycles. The highest BCUT2D eigenvalue weighted by Crippen LogP contribution is 2.20. The molecule has 1 unspecified atom stereocenters. The molecule has 7 nitrogen and oxygen atoms in total. The molecule has 1 aliphatic heterocycles. The standard InChI is InChI=1S/C21H32N6O.HI/c1-3-22-21(23-13-7-12-20-25-17(2)26-28-20)24-15-19-11-8-14-27(19)16-18-9-5-4-6-10-18;/h4-6,9-10,19H,3,7-8,11-16H2,1-2H3,(H2,22,23,24);1H. The Labute approximate surface area is 190 Å². The lowest BCUT2D eigenvalue weighted by molar-refractivity contribution is 0.250. The molecule has 2 N–H and O–H groups in total. The van der Waals surface area contributed by atoms with Gasteiger partial charge in [0.05, 0.1) is 6.54 Å². The first-order chi connectivity index (χ1) is 13.7. The first kappa shape index (κ1) is 23.6. The molecule has 1 aliphatic rings. The molecule has 0 aliphatic carbocycles. The van der Waals surface area contributed by atoms with Gasteiger partial charge in [0.25, 0.3) is 0 Å². The molecule has 0 spiro atoms. The molecule has 0 saturated carbocycles. The Bertz CT molecular complexity index is 736. The van der Waals surface area contributed by atoms with Gasteiger partial charge in [0.15, 0.2) is 11.8 Å². The van der Waals surface area contributed by atoms with Gasteiger partial charge in [0.1, 0.15) is 0 Å². The smallest absolute Gasteiger partial charge is 0.226 e. The zero-order chi connectivity index (χ0) is 19.6. The Morgan fingerprint density at radius 3 is 2.83 bits per heavy atom. The van der Waals surface area contributed by atoms with Crippen molar-refractivity contribution < 1.29 is 4.52 Å². The molecule has 29 heavy (non-hydrogen) atoms. The number of rotatable bonds is 9. The second-order valence-electron chi connectivity index (χ2n) is 7.24. The fourth-order valence-corrected chi connectivity index (χ4v) is 3.55. The van der Waals surface area contributed by atoms with Crippen molar-refractivity contribution in [3.63, 3.8) is 0 Å². The number of guanidine groups is 1. The van der Waals surface area contributed by atoms with Gasteiger partial charge in [-0.1, -0.05) is 35.5 Å². The lowest BCUT2D eigenvalue weighted by Crippen LogP contribution is -2.39. The Morgan fingerprint density at radius 1 is 1.28 bits per heavy atom. The van der Waals surface area contributed by atoms with E-state index in [2.05, 4.69) is 62.9 Å². The van der Waals surface area contributed by atoms with E-state index in [0.717, 1.165) is 51.5 Å². The van der Waals surface area contributed by atoms with E-state index in [1.807, 2.05) is 6.92 Å². The number of halogens is 1. The third-order valence-electron chi connectivity index (χ3n) is 4.96. The highest BCUT2D eigenvalue weighted by atomic mass is 127. The summed E-state index contributed by atoms with van der Waals surface area (Å²) in [6, 6.07) is 11.2. The van der Waals surface area contributed by atoms with Crippen LogP contribution in [-0.2, 0) is 13.0 Å². The molecule has 1 fully saturated rings. The number of benzene rings is 1. The van der Waals surface area contributed by atoms with Gasteiger partial charge in [-0.2, -0.15) is 4.98 Å². The third-order valence-corrected chi connectivity index (χ3v) is 4.96. The molecule has 160 valence electrons. The minimum atomic E-state index is 0. The largest absolute Gasteiger partial charge is 0.357 e. The van der Waals surface area contributed by atoms with E-state index in [9.17, 15) is 0 Å². The van der Waals surface area contributed by atoms with Crippen molar-refractivity contribution in [2.75, 3.05) is 26.2 Å². The number of nitrogens with zero attached hydrogens (tertiary/aromatic N) is 4. The van der Waals surface area contributed by atoms with Crippen LogP contribution in [0.25, 0.3) is 0 Å². The van der Waals surface area contributed by atoms with Crippen LogP contribution in [0.4, 0.5) is 0 Å². The summed E-state index contributed by atoms with van der Waals surface area (Å²) >= 11 is 0. The molecule has 8 heteroatoms. The zero-order valence-corrected chi connectivity index (χ0v) is 19.8. The maximum Gasteiger partial charge on any atom is 0.226 e. The van der Waals surface area contributed by atoms with Gasteiger partial charge in [-0.15, -0.1) is 24.0 Å². The van der Waals surface area contributed by atoms with E-state index in [0.29, 0.717) is 17.8 Å². The summed E-state index contributed by atoms with van der Waals surface area (Å²) in [4.78, 5) is 11.6. The van der Waals surface area contributed by atoms with Crippen LogP contribution in [-0.4, -0.2) is 53.2 Å². The Hall–Kier alpha value is -1.68. The molecule has 2 aromatic rings. The Morgan fingerprint density at radius 2 is 2.10 bits per heavy atom. The maximum atomic E-state index is 5.15. The summed E-state index contributed by atoms with van der Waals surface area (Å²) in [7, 11) is 0. The van der Waals surface area contributed by atoms with Crippen LogP contribution >= 0.6 is 24.0 Å². The van der Waals surface area contributed by atoms with Crippen LogP contribution in [0.2, 0.25) is 0 Å². The van der Waals surface area contributed by atoms with Crippen LogP contribution < -0.4 is 10.6 Å². The van der Waals surface area contributed by atoms with Gasteiger partial charge >= 0.3 is 0 Å².